The van der Waals surface area contributed by atoms with E-state index in [1.165, 1.54) is 11.8 Å². The first-order valence-electron chi connectivity index (χ1n) is 9.18. The fourth-order valence-electron chi connectivity index (χ4n) is 3.17. The Labute approximate surface area is 208 Å². The van der Waals surface area contributed by atoms with Crippen LogP contribution in [0.4, 0.5) is 0 Å². The minimum Gasteiger partial charge on any atom is -0.456 e. The quantitative estimate of drug-likeness (QED) is 0.147. The van der Waals surface area contributed by atoms with E-state index in [2.05, 4.69) is 0 Å². The van der Waals surface area contributed by atoms with Crippen LogP contribution in [0.3, 0.4) is 0 Å². The Bertz CT molecular complexity index is 1060. The number of ether oxygens (including phenoxy) is 1. The van der Waals surface area contributed by atoms with E-state index >= 15 is 0 Å². The van der Waals surface area contributed by atoms with Gasteiger partial charge in [-0.25, -0.2) is 4.79 Å². The summed E-state index contributed by atoms with van der Waals surface area (Å²) in [6.07, 6.45) is 1.90. The van der Waals surface area contributed by atoms with Crippen LogP contribution in [0.25, 0.3) is 0 Å². The van der Waals surface area contributed by atoms with Crippen molar-refractivity contribution >= 4 is 81.7 Å². The molecule has 32 heavy (non-hydrogen) atoms. The van der Waals surface area contributed by atoms with Crippen LogP contribution in [0.2, 0.25) is 20.1 Å². The third-order valence-corrected chi connectivity index (χ3v) is 7.20. The first kappa shape index (κ1) is 24.9. The SMILES string of the molecule is CSCCC(C(=O)OCC(=O)c1ccccc1)N1C(=O)c2c(Cl)c(Cl)c(Cl)c(Cl)c2C1=O. The van der Waals surface area contributed by atoms with E-state index < -0.39 is 36.2 Å². The van der Waals surface area contributed by atoms with Crippen LogP contribution >= 0.6 is 58.2 Å². The molecule has 0 spiro atoms. The van der Waals surface area contributed by atoms with Crippen LogP contribution in [0.5, 0.6) is 0 Å². The van der Waals surface area contributed by atoms with E-state index in [-0.39, 0.29) is 37.6 Å². The lowest BCUT2D eigenvalue weighted by molar-refractivity contribution is -0.147. The van der Waals surface area contributed by atoms with Crippen molar-refractivity contribution in [1.29, 1.82) is 0 Å². The normalized spacial score (nSPS) is 13.8. The summed E-state index contributed by atoms with van der Waals surface area (Å²) in [6.45, 7) is -0.541. The Morgan fingerprint density at radius 1 is 0.938 bits per heavy atom. The number of esters is 1. The average Bonchev–Trinajstić information content (AvgIpc) is 3.05. The van der Waals surface area contributed by atoms with Crippen molar-refractivity contribution in [2.24, 2.45) is 0 Å². The molecule has 0 bridgehead atoms. The van der Waals surface area contributed by atoms with Gasteiger partial charge in [0.1, 0.15) is 6.04 Å². The molecule has 0 aliphatic carbocycles. The number of hydrogen-bond acceptors (Lipinski definition) is 6. The minimum absolute atomic E-state index is 0.0989. The number of thioether (sulfide) groups is 1. The van der Waals surface area contributed by atoms with E-state index in [0.29, 0.717) is 11.3 Å². The molecule has 2 amide bonds. The second kappa shape index (κ2) is 10.4. The number of nitrogens with zero attached hydrogens (tertiary/aromatic N) is 1. The monoisotopic (exact) mass is 533 g/mol. The molecule has 0 saturated carbocycles. The van der Waals surface area contributed by atoms with Crippen LogP contribution in [-0.4, -0.2) is 53.1 Å². The van der Waals surface area contributed by atoms with Crippen molar-refractivity contribution < 1.29 is 23.9 Å². The van der Waals surface area contributed by atoms with Gasteiger partial charge in [0.2, 0.25) is 0 Å². The zero-order valence-electron chi connectivity index (χ0n) is 16.5. The number of hydrogen-bond donors (Lipinski definition) is 0. The second-order valence-electron chi connectivity index (χ2n) is 6.68. The predicted octanol–water partition coefficient (Wildman–Crippen LogP) is 5.44. The highest BCUT2D eigenvalue weighted by molar-refractivity contribution is 7.98. The van der Waals surface area contributed by atoms with Crippen molar-refractivity contribution in [2.45, 2.75) is 12.5 Å². The van der Waals surface area contributed by atoms with Gasteiger partial charge < -0.3 is 4.74 Å². The summed E-state index contributed by atoms with van der Waals surface area (Å²) >= 11 is 25.8. The number of ketones is 1. The molecule has 1 aliphatic rings. The van der Waals surface area contributed by atoms with Gasteiger partial charge in [-0.3, -0.25) is 19.3 Å². The molecule has 1 aliphatic heterocycles. The molecule has 1 atom stereocenters. The molecule has 0 fully saturated rings. The van der Waals surface area contributed by atoms with Gasteiger partial charge in [-0.2, -0.15) is 11.8 Å². The molecule has 11 heteroatoms. The summed E-state index contributed by atoms with van der Waals surface area (Å²) in [5.41, 5.74) is -0.0821. The zero-order chi connectivity index (χ0) is 23.6. The average molecular weight is 535 g/mol. The fourth-order valence-corrected chi connectivity index (χ4v) is 4.64. The van der Waals surface area contributed by atoms with E-state index in [1.807, 2.05) is 0 Å². The molecule has 1 heterocycles. The van der Waals surface area contributed by atoms with Crippen LogP contribution in [-0.2, 0) is 9.53 Å². The lowest BCUT2D eigenvalue weighted by atomic mass is 10.1. The first-order valence-corrected chi connectivity index (χ1v) is 12.1. The van der Waals surface area contributed by atoms with Crippen molar-refractivity contribution in [3.05, 3.63) is 67.1 Å². The Morgan fingerprint density at radius 3 is 1.97 bits per heavy atom. The van der Waals surface area contributed by atoms with Crippen molar-refractivity contribution in [1.82, 2.24) is 4.90 Å². The number of fused-ring (bicyclic) bond motifs is 1. The Balaban J connectivity index is 1.88. The number of carbonyl (C=O) groups excluding carboxylic acids is 4. The number of rotatable bonds is 8. The van der Waals surface area contributed by atoms with Gasteiger partial charge in [0.15, 0.2) is 12.4 Å². The molecule has 0 N–H and O–H groups in total. The highest BCUT2D eigenvalue weighted by Gasteiger charge is 2.47. The second-order valence-corrected chi connectivity index (χ2v) is 9.18. The zero-order valence-corrected chi connectivity index (χ0v) is 20.3. The lowest BCUT2D eigenvalue weighted by Crippen LogP contribution is -2.46. The van der Waals surface area contributed by atoms with E-state index in [0.717, 1.165) is 4.90 Å². The van der Waals surface area contributed by atoms with Gasteiger partial charge in [-0.05, 0) is 18.4 Å². The molecule has 3 rings (SSSR count). The van der Waals surface area contributed by atoms with Crippen LogP contribution in [0.15, 0.2) is 30.3 Å². The molecular weight excluding hydrogens is 520 g/mol. The Kier molecular flexibility index (Phi) is 8.11. The van der Waals surface area contributed by atoms with E-state index in [1.54, 1.807) is 36.6 Å². The summed E-state index contributed by atoms with van der Waals surface area (Å²) < 4.78 is 5.17. The number of imide groups is 1. The van der Waals surface area contributed by atoms with E-state index in [9.17, 15) is 19.2 Å². The van der Waals surface area contributed by atoms with Crippen LogP contribution < -0.4 is 0 Å². The van der Waals surface area contributed by atoms with Crippen molar-refractivity contribution in [3.63, 3.8) is 0 Å². The van der Waals surface area contributed by atoms with Crippen molar-refractivity contribution in [3.8, 4) is 0 Å². The van der Waals surface area contributed by atoms with E-state index in [4.69, 9.17) is 51.1 Å². The predicted molar refractivity (Wildman–Crippen MR) is 126 cm³/mol. The number of benzene rings is 2. The Morgan fingerprint density at radius 2 is 1.47 bits per heavy atom. The summed E-state index contributed by atoms with van der Waals surface area (Å²) in [5.74, 6) is -2.57. The summed E-state index contributed by atoms with van der Waals surface area (Å²) in [6, 6.07) is 6.99. The third-order valence-electron chi connectivity index (χ3n) is 4.75. The maximum absolute atomic E-state index is 13.1. The minimum atomic E-state index is -1.29. The molecule has 0 aromatic heterocycles. The molecule has 6 nitrogen and oxygen atoms in total. The van der Waals surface area contributed by atoms with Gasteiger partial charge in [-0.1, -0.05) is 76.7 Å². The summed E-state index contributed by atoms with van der Waals surface area (Å²) in [5, 5.41) is -0.796. The standard InChI is InChI=1S/C21H15Cl4NO5S/c1-32-8-7-11(21(30)31-9-12(27)10-5-3-2-4-6-10)26-19(28)13-14(20(26)29)16(23)18(25)17(24)15(13)22/h2-6,11H,7-9H2,1H3. The largest absolute Gasteiger partial charge is 0.456 e. The van der Waals surface area contributed by atoms with Gasteiger partial charge >= 0.3 is 5.97 Å². The van der Waals surface area contributed by atoms with Gasteiger partial charge in [0.05, 0.1) is 31.2 Å². The Hall–Kier alpha value is -1.77. The van der Waals surface area contributed by atoms with Crippen molar-refractivity contribution in [2.75, 3.05) is 18.6 Å². The first-order chi connectivity index (χ1) is 15.2. The fraction of sp³-hybridized carbons (Fsp3) is 0.238. The molecule has 2 aromatic rings. The molecule has 0 radical (unpaired) electrons. The number of carbonyl (C=O) groups is 4. The van der Waals surface area contributed by atoms with Crippen LogP contribution in [0.1, 0.15) is 37.5 Å². The van der Waals surface area contributed by atoms with Gasteiger partial charge in [0, 0.05) is 5.56 Å². The van der Waals surface area contributed by atoms with Crippen LogP contribution in [0, 0.1) is 0 Å². The lowest BCUT2D eigenvalue weighted by Gasteiger charge is -2.24. The maximum atomic E-state index is 13.1. The summed E-state index contributed by atoms with van der Waals surface area (Å²) in [4.78, 5) is 52.1. The third kappa shape index (κ3) is 4.63. The molecule has 168 valence electrons. The van der Waals surface area contributed by atoms with Gasteiger partial charge in [-0.15, -0.1) is 0 Å². The molecular formula is C21H15Cl4NO5S. The number of amides is 2. The van der Waals surface area contributed by atoms with Gasteiger partial charge in [0.25, 0.3) is 11.8 Å². The molecule has 0 saturated heterocycles. The highest BCUT2D eigenvalue weighted by atomic mass is 35.5. The molecule has 1 unspecified atom stereocenters. The topological polar surface area (TPSA) is 80.8 Å². The summed E-state index contributed by atoms with van der Waals surface area (Å²) in [7, 11) is 0. The number of halogens is 4. The maximum Gasteiger partial charge on any atom is 0.329 e. The smallest absolute Gasteiger partial charge is 0.329 e. The highest BCUT2D eigenvalue weighted by Crippen LogP contribution is 2.45. The molecule has 2 aromatic carbocycles. The number of Topliss-reactive ketones (excluding diaryl/α,β-unsaturated/α-hetero) is 1.